The molecule has 78 valence electrons. The minimum Gasteiger partial charge on any atom is -0.396 e. The maximum absolute atomic E-state index is 8.59. The van der Waals surface area contributed by atoms with Crippen LogP contribution in [0.3, 0.4) is 0 Å². The Labute approximate surface area is 85.2 Å². The number of nitrogens with zero attached hydrogens (tertiary/aromatic N) is 1. The molecule has 0 bridgehead atoms. The van der Waals surface area contributed by atoms with Crippen LogP contribution in [-0.4, -0.2) is 23.2 Å². The second-order valence-electron chi connectivity index (χ2n) is 3.38. The van der Waals surface area contributed by atoms with Crippen molar-refractivity contribution in [3.05, 3.63) is 23.9 Å². The minimum atomic E-state index is 0.294. The van der Waals surface area contributed by atoms with Gasteiger partial charge in [0, 0.05) is 18.8 Å². The quantitative estimate of drug-likeness (QED) is 0.680. The zero-order valence-electron chi connectivity index (χ0n) is 8.66. The molecular formula is C11H18N2O. The van der Waals surface area contributed by atoms with E-state index in [2.05, 4.69) is 10.3 Å². The van der Waals surface area contributed by atoms with E-state index >= 15 is 0 Å². The molecule has 0 aliphatic carbocycles. The third-order valence-corrected chi connectivity index (χ3v) is 2.03. The summed E-state index contributed by atoms with van der Waals surface area (Å²) in [7, 11) is 0. The average Bonchev–Trinajstić information content (AvgIpc) is 2.18. The molecule has 3 heteroatoms. The molecular weight excluding hydrogens is 176 g/mol. The van der Waals surface area contributed by atoms with Crippen molar-refractivity contribution in [3.63, 3.8) is 0 Å². The van der Waals surface area contributed by atoms with E-state index in [1.165, 1.54) is 0 Å². The summed E-state index contributed by atoms with van der Waals surface area (Å²) in [6, 6.07) is 5.95. The van der Waals surface area contributed by atoms with Crippen molar-refractivity contribution < 1.29 is 5.11 Å². The van der Waals surface area contributed by atoms with Gasteiger partial charge in [0.15, 0.2) is 0 Å². The monoisotopic (exact) mass is 194 g/mol. The predicted octanol–water partition coefficient (Wildman–Crippen LogP) is 1.96. The Bertz CT molecular complexity index is 263. The van der Waals surface area contributed by atoms with E-state index in [0.29, 0.717) is 6.61 Å². The lowest BCUT2D eigenvalue weighted by Gasteiger charge is -2.05. The molecule has 2 N–H and O–H groups in total. The lowest BCUT2D eigenvalue weighted by atomic mass is 10.2. The molecule has 0 unspecified atom stereocenters. The van der Waals surface area contributed by atoms with Gasteiger partial charge in [-0.05, 0) is 38.3 Å². The molecule has 1 aromatic heterocycles. The number of aliphatic hydroxyl groups is 1. The number of rotatable bonds is 6. The van der Waals surface area contributed by atoms with E-state index in [9.17, 15) is 0 Å². The zero-order chi connectivity index (χ0) is 10.2. The Hall–Kier alpha value is -1.09. The molecule has 0 aromatic carbocycles. The van der Waals surface area contributed by atoms with Gasteiger partial charge in [-0.15, -0.1) is 0 Å². The van der Waals surface area contributed by atoms with Crippen LogP contribution in [0.15, 0.2) is 18.2 Å². The van der Waals surface area contributed by atoms with Crippen molar-refractivity contribution in [2.75, 3.05) is 18.5 Å². The van der Waals surface area contributed by atoms with Crippen LogP contribution >= 0.6 is 0 Å². The summed E-state index contributed by atoms with van der Waals surface area (Å²) in [5.41, 5.74) is 1.03. The Morgan fingerprint density at radius 3 is 2.86 bits per heavy atom. The lowest BCUT2D eigenvalue weighted by Crippen LogP contribution is -2.03. The smallest absolute Gasteiger partial charge is 0.126 e. The first-order valence-corrected chi connectivity index (χ1v) is 5.11. The van der Waals surface area contributed by atoms with Gasteiger partial charge >= 0.3 is 0 Å². The molecule has 1 rings (SSSR count). The van der Waals surface area contributed by atoms with Gasteiger partial charge in [0.05, 0.1) is 0 Å². The summed E-state index contributed by atoms with van der Waals surface area (Å²) in [6.45, 7) is 3.20. The Morgan fingerprint density at radius 2 is 2.14 bits per heavy atom. The summed E-state index contributed by atoms with van der Waals surface area (Å²) in [6.07, 6.45) is 3.04. The third kappa shape index (κ3) is 4.23. The molecule has 1 aromatic rings. The number of nitrogens with one attached hydrogen (secondary N) is 1. The van der Waals surface area contributed by atoms with Crippen molar-refractivity contribution in [2.24, 2.45) is 0 Å². The first-order chi connectivity index (χ1) is 6.83. The molecule has 0 amide bonds. The van der Waals surface area contributed by atoms with E-state index in [1.54, 1.807) is 0 Å². The fraction of sp³-hybridized carbons (Fsp3) is 0.545. The van der Waals surface area contributed by atoms with Crippen LogP contribution < -0.4 is 5.32 Å². The molecule has 0 aliphatic heterocycles. The van der Waals surface area contributed by atoms with E-state index < -0.39 is 0 Å². The maximum atomic E-state index is 8.59. The number of pyridine rings is 1. The summed E-state index contributed by atoms with van der Waals surface area (Å²) in [5.74, 6) is 0.939. The molecule has 0 saturated carbocycles. The number of hydrogen-bond donors (Lipinski definition) is 2. The number of aryl methyl sites for hydroxylation is 1. The first kappa shape index (κ1) is 11.0. The van der Waals surface area contributed by atoms with Gasteiger partial charge in [-0.2, -0.15) is 0 Å². The molecule has 0 radical (unpaired) electrons. The van der Waals surface area contributed by atoms with Crippen LogP contribution in [0.4, 0.5) is 5.82 Å². The Morgan fingerprint density at radius 1 is 1.29 bits per heavy atom. The van der Waals surface area contributed by atoms with Crippen molar-refractivity contribution >= 4 is 5.82 Å². The number of aromatic nitrogens is 1. The van der Waals surface area contributed by atoms with Gasteiger partial charge in [0.2, 0.25) is 0 Å². The Kier molecular flexibility index (Phi) is 5.00. The minimum absolute atomic E-state index is 0.294. The van der Waals surface area contributed by atoms with Crippen LogP contribution in [0.5, 0.6) is 0 Å². The van der Waals surface area contributed by atoms with Crippen molar-refractivity contribution in [1.29, 1.82) is 0 Å². The lowest BCUT2D eigenvalue weighted by molar-refractivity contribution is 0.283. The van der Waals surface area contributed by atoms with Gasteiger partial charge in [0.25, 0.3) is 0 Å². The number of unbranched alkanes of at least 4 members (excludes halogenated alkanes) is 2. The summed E-state index contributed by atoms with van der Waals surface area (Å²) >= 11 is 0. The SMILES string of the molecule is Cc1cccc(NCCCCCO)n1. The molecule has 14 heavy (non-hydrogen) atoms. The highest BCUT2D eigenvalue weighted by Gasteiger charge is 1.93. The summed E-state index contributed by atoms with van der Waals surface area (Å²) in [4.78, 5) is 4.33. The van der Waals surface area contributed by atoms with E-state index in [1.807, 2.05) is 25.1 Å². The number of hydrogen-bond acceptors (Lipinski definition) is 3. The van der Waals surface area contributed by atoms with Gasteiger partial charge in [-0.1, -0.05) is 6.07 Å². The van der Waals surface area contributed by atoms with E-state index in [-0.39, 0.29) is 0 Å². The first-order valence-electron chi connectivity index (χ1n) is 5.11. The molecule has 0 fully saturated rings. The molecule has 0 aliphatic rings. The van der Waals surface area contributed by atoms with Gasteiger partial charge in [-0.25, -0.2) is 4.98 Å². The van der Waals surface area contributed by atoms with Crippen molar-refractivity contribution in [2.45, 2.75) is 26.2 Å². The Balaban J connectivity index is 2.18. The van der Waals surface area contributed by atoms with E-state index in [4.69, 9.17) is 5.11 Å². The number of anilines is 1. The van der Waals surface area contributed by atoms with Gasteiger partial charge < -0.3 is 10.4 Å². The highest BCUT2D eigenvalue weighted by Crippen LogP contribution is 2.04. The zero-order valence-corrected chi connectivity index (χ0v) is 8.66. The fourth-order valence-electron chi connectivity index (χ4n) is 1.27. The largest absolute Gasteiger partial charge is 0.396 e. The molecule has 0 spiro atoms. The van der Waals surface area contributed by atoms with Crippen LogP contribution in [-0.2, 0) is 0 Å². The van der Waals surface area contributed by atoms with Gasteiger partial charge in [0.1, 0.15) is 5.82 Å². The summed E-state index contributed by atoms with van der Waals surface area (Å²) in [5, 5.41) is 11.8. The number of aliphatic hydroxyl groups excluding tert-OH is 1. The van der Waals surface area contributed by atoms with Crippen LogP contribution in [0.1, 0.15) is 25.0 Å². The predicted molar refractivity (Wildman–Crippen MR) is 58.4 cm³/mol. The second-order valence-corrected chi connectivity index (χ2v) is 3.38. The van der Waals surface area contributed by atoms with E-state index in [0.717, 1.165) is 37.3 Å². The fourth-order valence-corrected chi connectivity index (χ4v) is 1.27. The standard InChI is InChI=1S/C11H18N2O/c1-10-6-5-7-11(13-10)12-8-3-2-4-9-14/h5-7,14H,2-4,8-9H2,1H3,(H,12,13). The molecule has 3 nitrogen and oxygen atoms in total. The molecule has 0 saturated heterocycles. The van der Waals surface area contributed by atoms with Crippen molar-refractivity contribution in [1.82, 2.24) is 4.98 Å². The van der Waals surface area contributed by atoms with Crippen LogP contribution in [0.2, 0.25) is 0 Å². The highest BCUT2D eigenvalue weighted by atomic mass is 16.2. The van der Waals surface area contributed by atoms with Crippen molar-refractivity contribution in [3.8, 4) is 0 Å². The second kappa shape index (κ2) is 6.38. The normalized spacial score (nSPS) is 10.1. The van der Waals surface area contributed by atoms with Crippen LogP contribution in [0, 0.1) is 6.92 Å². The topological polar surface area (TPSA) is 45.1 Å². The molecule has 1 heterocycles. The highest BCUT2D eigenvalue weighted by molar-refractivity contribution is 5.34. The maximum Gasteiger partial charge on any atom is 0.126 e. The average molecular weight is 194 g/mol. The molecule has 0 atom stereocenters. The van der Waals surface area contributed by atoms with Crippen LogP contribution in [0.25, 0.3) is 0 Å². The van der Waals surface area contributed by atoms with Gasteiger partial charge in [-0.3, -0.25) is 0 Å². The third-order valence-electron chi connectivity index (χ3n) is 2.03. The summed E-state index contributed by atoms with van der Waals surface area (Å²) < 4.78 is 0.